The Labute approximate surface area is 229 Å². The van der Waals surface area contributed by atoms with E-state index in [4.69, 9.17) is 9.47 Å². The lowest BCUT2D eigenvalue weighted by Crippen LogP contribution is -2.50. The molecule has 2 N–H and O–H groups in total. The van der Waals surface area contributed by atoms with Gasteiger partial charge in [0.15, 0.2) is 5.82 Å². The molecule has 10 nitrogen and oxygen atoms in total. The molecule has 2 aromatic heterocycles. The van der Waals surface area contributed by atoms with Gasteiger partial charge in [0.1, 0.15) is 18.0 Å². The second kappa shape index (κ2) is 11.3. The molecule has 3 aromatic rings. The number of carbonyl (C=O) groups is 2. The third-order valence-corrected chi connectivity index (χ3v) is 6.42. The number of nitrogens with zero attached hydrogens (tertiary/aromatic N) is 4. The van der Waals surface area contributed by atoms with Crippen molar-refractivity contribution in [1.29, 1.82) is 0 Å². The van der Waals surface area contributed by atoms with Crippen LogP contribution in [0.5, 0.6) is 5.75 Å². The van der Waals surface area contributed by atoms with E-state index in [0.717, 1.165) is 35.4 Å². The maximum absolute atomic E-state index is 12.8. The van der Waals surface area contributed by atoms with Crippen molar-refractivity contribution >= 4 is 23.6 Å². The molecular formula is C29H36N6O4. The van der Waals surface area contributed by atoms with Gasteiger partial charge in [0.2, 0.25) is 0 Å². The minimum Gasteiger partial charge on any atom is -0.491 e. The third kappa shape index (κ3) is 7.22. The number of aromatic nitrogens is 3. The van der Waals surface area contributed by atoms with Crippen molar-refractivity contribution in [3.05, 3.63) is 60.2 Å². The minimum atomic E-state index is -0.550. The molecule has 3 amide bonds. The van der Waals surface area contributed by atoms with Crippen molar-refractivity contribution in [2.24, 2.45) is 0 Å². The molecule has 206 valence electrons. The van der Waals surface area contributed by atoms with Crippen molar-refractivity contribution in [2.45, 2.75) is 65.5 Å². The predicted molar refractivity (Wildman–Crippen MR) is 150 cm³/mol. The molecule has 0 saturated carbocycles. The van der Waals surface area contributed by atoms with Gasteiger partial charge in [-0.3, -0.25) is 20.2 Å². The fourth-order valence-electron chi connectivity index (χ4n) is 4.39. The number of carbonyl (C=O) groups excluding carboxylic acids is 2. The van der Waals surface area contributed by atoms with Gasteiger partial charge >= 0.3 is 12.1 Å². The number of urea groups is 1. The van der Waals surface area contributed by atoms with Crippen LogP contribution in [0.15, 0.2) is 48.9 Å². The lowest BCUT2D eigenvalue weighted by molar-refractivity contribution is 0.00236. The number of hydrogen-bond acceptors (Lipinski definition) is 7. The molecule has 10 heteroatoms. The van der Waals surface area contributed by atoms with Gasteiger partial charge in [-0.25, -0.2) is 14.6 Å². The summed E-state index contributed by atoms with van der Waals surface area (Å²) in [5.74, 6) is 1.05. The second-order valence-corrected chi connectivity index (χ2v) is 11.1. The fraction of sp³-hybridized carbons (Fsp3) is 0.414. The van der Waals surface area contributed by atoms with Gasteiger partial charge in [0, 0.05) is 17.8 Å². The Hall–Kier alpha value is -4.21. The van der Waals surface area contributed by atoms with Crippen molar-refractivity contribution < 1.29 is 19.1 Å². The molecule has 1 aromatic carbocycles. The van der Waals surface area contributed by atoms with E-state index in [0.29, 0.717) is 30.4 Å². The maximum Gasteiger partial charge on any atom is 0.410 e. The normalized spacial score (nSPS) is 17.0. The van der Waals surface area contributed by atoms with Gasteiger partial charge in [0.25, 0.3) is 0 Å². The molecule has 0 aliphatic carbocycles. The van der Waals surface area contributed by atoms with Crippen molar-refractivity contribution in [3.8, 4) is 17.0 Å². The van der Waals surface area contributed by atoms with Crippen molar-refractivity contribution in [2.75, 3.05) is 23.8 Å². The van der Waals surface area contributed by atoms with Crippen LogP contribution in [0.3, 0.4) is 0 Å². The number of aryl methyl sites for hydroxylation is 2. The van der Waals surface area contributed by atoms with E-state index in [1.54, 1.807) is 23.4 Å². The zero-order chi connectivity index (χ0) is 28.2. The first-order chi connectivity index (χ1) is 18.4. The number of benzene rings is 1. The van der Waals surface area contributed by atoms with Crippen LogP contribution in [-0.4, -0.2) is 56.3 Å². The topological polar surface area (TPSA) is 119 Å². The lowest BCUT2D eigenvalue weighted by atomic mass is 10.0. The van der Waals surface area contributed by atoms with Gasteiger partial charge in [-0.15, -0.1) is 0 Å². The number of amides is 3. The third-order valence-electron chi connectivity index (χ3n) is 6.42. The van der Waals surface area contributed by atoms with Crippen molar-refractivity contribution in [3.63, 3.8) is 0 Å². The Bertz CT molecular complexity index is 1340. The molecule has 1 aliphatic heterocycles. The number of likely N-dealkylation sites (tertiary alicyclic amines) is 1. The Morgan fingerprint density at radius 1 is 1.08 bits per heavy atom. The Balaban J connectivity index is 1.40. The van der Waals surface area contributed by atoms with E-state index in [-0.39, 0.29) is 6.09 Å². The molecule has 0 radical (unpaired) electrons. The zero-order valence-corrected chi connectivity index (χ0v) is 23.4. The molecule has 0 spiro atoms. The molecule has 1 atom stereocenters. The first kappa shape index (κ1) is 27.8. The first-order valence-electron chi connectivity index (χ1n) is 13.0. The average Bonchev–Trinajstić information content (AvgIpc) is 3.25. The number of ether oxygens (including phenoxy) is 2. The van der Waals surface area contributed by atoms with Crippen LogP contribution in [0.25, 0.3) is 11.3 Å². The van der Waals surface area contributed by atoms with Gasteiger partial charge < -0.3 is 14.8 Å². The highest BCUT2D eigenvalue weighted by Crippen LogP contribution is 2.33. The van der Waals surface area contributed by atoms with E-state index in [9.17, 15) is 9.59 Å². The Morgan fingerprint density at radius 3 is 2.56 bits per heavy atom. The van der Waals surface area contributed by atoms with Gasteiger partial charge in [-0.1, -0.05) is 0 Å². The number of nitrogens with one attached hydrogen (secondary N) is 2. The standard InChI is InChI=1S/C29H36N6O4/c1-19-14-21(23-16-30-17-25(33-23)34-26(36)32-22-10-8-20(2)31-15-22)9-11-24(19)38-18-29(6)12-7-13-35(29)27(37)39-28(3,4)5/h8-11,14-17H,7,12-13,18H2,1-6H3,(H2,32,33,34,36)/t29-/m1/s1. The number of anilines is 2. The summed E-state index contributed by atoms with van der Waals surface area (Å²) in [6.07, 6.45) is 6.15. The fourth-order valence-corrected chi connectivity index (χ4v) is 4.39. The smallest absolute Gasteiger partial charge is 0.410 e. The van der Waals surface area contributed by atoms with Crippen LogP contribution in [-0.2, 0) is 4.74 Å². The summed E-state index contributed by atoms with van der Waals surface area (Å²) < 4.78 is 11.8. The van der Waals surface area contributed by atoms with Crippen LogP contribution >= 0.6 is 0 Å². The van der Waals surface area contributed by atoms with Crippen LogP contribution in [0.4, 0.5) is 21.1 Å². The molecule has 4 rings (SSSR count). The van der Waals surface area contributed by atoms with Gasteiger partial charge in [-0.05, 0) is 90.3 Å². The summed E-state index contributed by atoms with van der Waals surface area (Å²) >= 11 is 0. The quantitative estimate of drug-likeness (QED) is 0.402. The SMILES string of the molecule is Cc1ccc(NC(=O)Nc2cncc(-c3ccc(OC[C@@]4(C)CCCN4C(=O)OC(C)(C)C)c(C)c3)n2)cn1. The van der Waals surface area contributed by atoms with Crippen molar-refractivity contribution in [1.82, 2.24) is 19.9 Å². The highest BCUT2D eigenvalue weighted by Gasteiger charge is 2.42. The molecule has 0 bridgehead atoms. The number of pyridine rings is 1. The van der Waals surface area contributed by atoms with E-state index in [2.05, 4.69) is 25.6 Å². The minimum absolute atomic E-state index is 0.311. The zero-order valence-electron chi connectivity index (χ0n) is 23.4. The summed E-state index contributed by atoms with van der Waals surface area (Å²) in [5, 5.41) is 5.43. The number of rotatable bonds is 6. The molecule has 39 heavy (non-hydrogen) atoms. The molecule has 1 saturated heterocycles. The molecule has 0 unspecified atom stereocenters. The summed E-state index contributed by atoms with van der Waals surface area (Å²) in [7, 11) is 0. The van der Waals surface area contributed by atoms with E-state index in [1.165, 1.54) is 6.20 Å². The highest BCUT2D eigenvalue weighted by molar-refractivity contribution is 5.99. The predicted octanol–water partition coefficient (Wildman–Crippen LogP) is 5.97. The summed E-state index contributed by atoms with van der Waals surface area (Å²) in [5.41, 5.74) is 2.80. The van der Waals surface area contributed by atoms with Crippen LogP contribution < -0.4 is 15.4 Å². The highest BCUT2D eigenvalue weighted by atomic mass is 16.6. The molecule has 3 heterocycles. The monoisotopic (exact) mass is 532 g/mol. The molecular weight excluding hydrogens is 496 g/mol. The van der Waals surface area contributed by atoms with Gasteiger partial charge in [0.05, 0.1) is 35.5 Å². The van der Waals surface area contributed by atoms with E-state index >= 15 is 0 Å². The largest absolute Gasteiger partial charge is 0.491 e. The summed E-state index contributed by atoms with van der Waals surface area (Å²) in [6.45, 7) is 12.5. The van der Waals surface area contributed by atoms with Crippen LogP contribution in [0.2, 0.25) is 0 Å². The van der Waals surface area contributed by atoms with Gasteiger partial charge in [-0.2, -0.15) is 0 Å². The van der Waals surface area contributed by atoms with E-state index < -0.39 is 17.2 Å². The summed E-state index contributed by atoms with van der Waals surface area (Å²) in [6, 6.07) is 8.91. The summed E-state index contributed by atoms with van der Waals surface area (Å²) in [4.78, 5) is 39.9. The maximum atomic E-state index is 12.8. The Morgan fingerprint density at radius 2 is 1.87 bits per heavy atom. The molecule has 1 fully saturated rings. The second-order valence-electron chi connectivity index (χ2n) is 11.1. The van der Waals surface area contributed by atoms with Crippen LogP contribution in [0.1, 0.15) is 51.8 Å². The van der Waals surface area contributed by atoms with E-state index in [1.807, 2.05) is 65.8 Å². The lowest BCUT2D eigenvalue weighted by Gasteiger charge is -2.36. The Kier molecular flexibility index (Phi) is 8.03. The van der Waals surface area contributed by atoms with Crippen LogP contribution in [0, 0.1) is 13.8 Å². The first-order valence-corrected chi connectivity index (χ1v) is 13.0. The average molecular weight is 533 g/mol. The number of hydrogen-bond donors (Lipinski definition) is 2. The molecule has 1 aliphatic rings.